The van der Waals surface area contributed by atoms with Crippen molar-refractivity contribution in [2.75, 3.05) is 13.1 Å². The van der Waals surface area contributed by atoms with Gasteiger partial charge in [0.15, 0.2) is 0 Å². The molecule has 0 amide bonds. The summed E-state index contributed by atoms with van der Waals surface area (Å²) in [5, 5.41) is 3.17. The van der Waals surface area contributed by atoms with E-state index >= 15 is 0 Å². The van der Waals surface area contributed by atoms with Gasteiger partial charge in [0.2, 0.25) is 0 Å². The summed E-state index contributed by atoms with van der Waals surface area (Å²) in [6.45, 7) is 1.55. The molecule has 4 heteroatoms. The van der Waals surface area contributed by atoms with Gasteiger partial charge in [-0.05, 0) is 43.6 Å². The highest BCUT2D eigenvalue weighted by Crippen LogP contribution is 2.27. The van der Waals surface area contributed by atoms with E-state index in [1.54, 1.807) is 0 Å². The maximum atomic E-state index is 14.0. The van der Waals surface area contributed by atoms with E-state index in [0.717, 1.165) is 24.7 Å². The largest absolute Gasteiger partial charge is 0.316 e. The number of piperidine rings is 1. The molecule has 0 saturated carbocycles. The van der Waals surface area contributed by atoms with Crippen LogP contribution in [0.25, 0.3) is 5.83 Å². The Morgan fingerprint density at radius 2 is 1.94 bits per heavy atom. The van der Waals surface area contributed by atoms with Crippen LogP contribution in [0.15, 0.2) is 23.8 Å². The number of hydrogen-bond acceptors (Lipinski definition) is 1. The van der Waals surface area contributed by atoms with Crippen molar-refractivity contribution in [1.29, 1.82) is 0 Å². The van der Waals surface area contributed by atoms with Crippen LogP contribution < -0.4 is 5.32 Å². The van der Waals surface area contributed by atoms with Crippen molar-refractivity contribution in [2.45, 2.75) is 12.8 Å². The predicted molar refractivity (Wildman–Crippen MR) is 61.5 cm³/mol. The summed E-state index contributed by atoms with van der Waals surface area (Å²) in [6, 6.07) is 4.04. The maximum absolute atomic E-state index is 14.0. The van der Waals surface area contributed by atoms with E-state index in [4.69, 9.17) is 11.6 Å². The number of rotatable bonds is 1. The van der Waals surface area contributed by atoms with Gasteiger partial charge in [-0.2, -0.15) is 0 Å². The standard InChI is InChI=1S/C12H12ClF2N/c13-10-2-1-9(7-11(10)14)12(15)8-3-5-16-6-4-8/h1-2,7,16H,3-6H2. The van der Waals surface area contributed by atoms with Crippen LogP contribution in [0.1, 0.15) is 18.4 Å². The van der Waals surface area contributed by atoms with E-state index in [0.29, 0.717) is 12.8 Å². The molecule has 2 rings (SSSR count). The molecule has 1 aromatic rings. The number of nitrogens with one attached hydrogen (secondary N) is 1. The number of benzene rings is 1. The summed E-state index contributed by atoms with van der Waals surface area (Å²) in [7, 11) is 0. The molecule has 16 heavy (non-hydrogen) atoms. The summed E-state index contributed by atoms with van der Waals surface area (Å²) in [4.78, 5) is 0. The summed E-state index contributed by atoms with van der Waals surface area (Å²) in [6.07, 6.45) is 1.35. The molecule has 86 valence electrons. The first-order chi connectivity index (χ1) is 7.68. The van der Waals surface area contributed by atoms with Gasteiger partial charge in [-0.15, -0.1) is 0 Å². The fraction of sp³-hybridized carbons (Fsp3) is 0.333. The van der Waals surface area contributed by atoms with Crippen LogP contribution in [0.3, 0.4) is 0 Å². The lowest BCUT2D eigenvalue weighted by Crippen LogP contribution is -2.23. The van der Waals surface area contributed by atoms with Crippen LogP contribution in [-0.2, 0) is 0 Å². The highest BCUT2D eigenvalue weighted by molar-refractivity contribution is 6.30. The summed E-state index contributed by atoms with van der Waals surface area (Å²) < 4.78 is 27.1. The summed E-state index contributed by atoms with van der Waals surface area (Å²) in [5.41, 5.74) is 1.03. The van der Waals surface area contributed by atoms with Crippen molar-refractivity contribution in [2.24, 2.45) is 0 Å². The Kier molecular flexibility index (Phi) is 3.56. The Morgan fingerprint density at radius 3 is 2.56 bits per heavy atom. The van der Waals surface area contributed by atoms with E-state index in [1.807, 2.05) is 0 Å². The summed E-state index contributed by atoms with van der Waals surface area (Å²) >= 11 is 5.55. The van der Waals surface area contributed by atoms with Gasteiger partial charge in [0, 0.05) is 5.56 Å². The van der Waals surface area contributed by atoms with Gasteiger partial charge in [-0.25, -0.2) is 8.78 Å². The van der Waals surface area contributed by atoms with Crippen LogP contribution >= 0.6 is 11.6 Å². The molecule has 1 fully saturated rings. The van der Waals surface area contributed by atoms with E-state index in [9.17, 15) is 8.78 Å². The molecule has 0 unspecified atom stereocenters. The van der Waals surface area contributed by atoms with Crippen molar-refractivity contribution in [3.05, 3.63) is 40.2 Å². The summed E-state index contributed by atoms with van der Waals surface area (Å²) in [5.74, 6) is -0.888. The Hall–Kier alpha value is -0.930. The highest BCUT2D eigenvalue weighted by Gasteiger charge is 2.13. The average Bonchev–Trinajstić information content (AvgIpc) is 2.33. The lowest BCUT2D eigenvalue weighted by atomic mass is 10.0. The Balaban J connectivity index is 2.32. The molecule has 1 aliphatic rings. The van der Waals surface area contributed by atoms with Crippen LogP contribution in [0.2, 0.25) is 5.02 Å². The van der Waals surface area contributed by atoms with Crippen LogP contribution in [0, 0.1) is 5.82 Å². The minimum absolute atomic E-state index is 0.0202. The second-order valence-electron chi connectivity index (χ2n) is 3.80. The molecule has 0 aliphatic carbocycles. The van der Waals surface area contributed by atoms with E-state index in [2.05, 4.69) is 5.32 Å². The zero-order valence-corrected chi connectivity index (χ0v) is 9.45. The van der Waals surface area contributed by atoms with Crippen molar-refractivity contribution in [3.63, 3.8) is 0 Å². The second-order valence-corrected chi connectivity index (χ2v) is 4.20. The molecule has 1 aliphatic heterocycles. The normalized spacial score (nSPS) is 16.3. The van der Waals surface area contributed by atoms with Crippen LogP contribution in [-0.4, -0.2) is 13.1 Å². The zero-order valence-electron chi connectivity index (χ0n) is 8.69. The van der Waals surface area contributed by atoms with Gasteiger partial charge in [-0.1, -0.05) is 17.7 Å². The third-order valence-electron chi connectivity index (χ3n) is 2.69. The maximum Gasteiger partial charge on any atom is 0.142 e. The van der Waals surface area contributed by atoms with Crippen molar-refractivity contribution in [1.82, 2.24) is 5.32 Å². The molecule has 1 N–H and O–H groups in total. The number of halogens is 3. The van der Waals surface area contributed by atoms with E-state index in [1.165, 1.54) is 12.1 Å². The van der Waals surface area contributed by atoms with Gasteiger partial charge < -0.3 is 5.32 Å². The molecule has 0 radical (unpaired) electrons. The monoisotopic (exact) mass is 243 g/mol. The van der Waals surface area contributed by atoms with Crippen LogP contribution in [0.4, 0.5) is 8.78 Å². The minimum atomic E-state index is -0.580. The molecule has 1 aromatic carbocycles. The van der Waals surface area contributed by atoms with E-state index < -0.39 is 5.82 Å². The first-order valence-corrected chi connectivity index (χ1v) is 5.60. The lowest BCUT2D eigenvalue weighted by Gasteiger charge is -2.16. The highest BCUT2D eigenvalue weighted by atomic mass is 35.5. The van der Waals surface area contributed by atoms with Gasteiger partial charge >= 0.3 is 0 Å². The Labute approximate surface area is 98.1 Å². The zero-order chi connectivity index (χ0) is 11.5. The first-order valence-electron chi connectivity index (χ1n) is 5.22. The van der Waals surface area contributed by atoms with Crippen LogP contribution in [0.5, 0.6) is 0 Å². The Bertz CT molecular complexity index is 421. The predicted octanol–water partition coefficient (Wildman–Crippen LogP) is 3.54. The third-order valence-corrected chi connectivity index (χ3v) is 3.00. The molecular formula is C12H12ClF2N. The first kappa shape index (κ1) is 11.6. The molecule has 1 heterocycles. The second kappa shape index (κ2) is 4.93. The molecule has 0 aromatic heterocycles. The van der Waals surface area contributed by atoms with Gasteiger partial charge in [0.05, 0.1) is 5.02 Å². The van der Waals surface area contributed by atoms with Crippen molar-refractivity contribution in [3.8, 4) is 0 Å². The molecule has 1 saturated heterocycles. The topological polar surface area (TPSA) is 12.0 Å². The van der Waals surface area contributed by atoms with Gasteiger partial charge in [-0.3, -0.25) is 0 Å². The van der Waals surface area contributed by atoms with Crippen molar-refractivity contribution < 1.29 is 8.78 Å². The third kappa shape index (κ3) is 2.42. The average molecular weight is 244 g/mol. The Morgan fingerprint density at radius 1 is 1.25 bits per heavy atom. The smallest absolute Gasteiger partial charge is 0.142 e. The molecule has 0 spiro atoms. The van der Waals surface area contributed by atoms with Gasteiger partial charge in [0.1, 0.15) is 11.6 Å². The molecule has 0 atom stereocenters. The quantitative estimate of drug-likeness (QED) is 0.796. The van der Waals surface area contributed by atoms with Gasteiger partial charge in [0.25, 0.3) is 0 Å². The fourth-order valence-corrected chi connectivity index (χ4v) is 1.90. The van der Waals surface area contributed by atoms with E-state index in [-0.39, 0.29) is 16.4 Å². The minimum Gasteiger partial charge on any atom is -0.316 e. The van der Waals surface area contributed by atoms with Crippen molar-refractivity contribution >= 4 is 17.4 Å². The number of hydrogen-bond donors (Lipinski definition) is 1. The SMILES string of the molecule is FC(=C1CCNCC1)c1ccc(Cl)c(F)c1. The molecule has 0 bridgehead atoms. The fourth-order valence-electron chi connectivity index (χ4n) is 1.78. The molecule has 1 nitrogen and oxygen atoms in total. The lowest BCUT2D eigenvalue weighted by molar-refractivity contribution is 0.594. The molecular weight excluding hydrogens is 232 g/mol.